The van der Waals surface area contributed by atoms with E-state index in [9.17, 15) is 15.0 Å². The second kappa shape index (κ2) is 6.43. The number of hydrogen-bond donors (Lipinski definition) is 3. The van der Waals surface area contributed by atoms with Gasteiger partial charge in [-0.15, -0.1) is 0 Å². The number of benzene rings is 1. The fourth-order valence-corrected chi connectivity index (χ4v) is 1.90. The molecule has 1 aromatic carbocycles. The zero-order valence-electron chi connectivity index (χ0n) is 11.8. The molecule has 0 radical (unpaired) electrons. The summed E-state index contributed by atoms with van der Waals surface area (Å²) in [5.41, 5.74) is 0.733. The Morgan fingerprint density at radius 1 is 1.26 bits per heavy atom. The van der Waals surface area contributed by atoms with Crippen LogP contribution in [0.3, 0.4) is 0 Å². The van der Waals surface area contributed by atoms with Crippen LogP contribution in [-0.4, -0.2) is 40.7 Å². The van der Waals surface area contributed by atoms with Crippen molar-refractivity contribution in [2.45, 2.75) is 32.9 Å². The van der Waals surface area contributed by atoms with Crippen LogP contribution in [0.1, 0.15) is 32.4 Å². The molecule has 1 rings (SSSR count). The highest BCUT2D eigenvalue weighted by atomic mass is 16.3. The van der Waals surface area contributed by atoms with Gasteiger partial charge in [-0.1, -0.05) is 0 Å². The van der Waals surface area contributed by atoms with Crippen LogP contribution >= 0.6 is 0 Å². The topological polar surface area (TPSA) is 72.8 Å². The van der Waals surface area contributed by atoms with Crippen molar-refractivity contribution < 1.29 is 15.0 Å². The summed E-state index contributed by atoms with van der Waals surface area (Å²) in [6.07, 6.45) is 0. The molecule has 5 heteroatoms. The summed E-state index contributed by atoms with van der Waals surface area (Å²) in [7, 11) is 1.76. The Kier molecular flexibility index (Phi) is 5.18. The first-order valence-corrected chi connectivity index (χ1v) is 6.39. The maximum absolute atomic E-state index is 11.9. The predicted octanol–water partition coefficient (Wildman–Crippen LogP) is 1.62. The Balaban J connectivity index is 2.73. The molecule has 0 fully saturated rings. The van der Waals surface area contributed by atoms with Crippen molar-refractivity contribution in [3.63, 3.8) is 0 Å². The smallest absolute Gasteiger partial charge is 0.239 e. The van der Waals surface area contributed by atoms with Gasteiger partial charge in [0.05, 0.1) is 6.04 Å². The Morgan fingerprint density at radius 2 is 1.79 bits per heavy atom. The van der Waals surface area contributed by atoms with E-state index >= 15 is 0 Å². The summed E-state index contributed by atoms with van der Waals surface area (Å²) >= 11 is 0. The average Bonchev–Trinajstić information content (AvgIpc) is 2.35. The summed E-state index contributed by atoms with van der Waals surface area (Å²) < 4.78 is 0. The molecule has 0 bridgehead atoms. The predicted molar refractivity (Wildman–Crippen MR) is 74.1 cm³/mol. The number of nitrogens with zero attached hydrogens (tertiary/aromatic N) is 1. The van der Waals surface area contributed by atoms with Gasteiger partial charge in [-0.05, 0) is 38.5 Å². The minimum Gasteiger partial charge on any atom is -0.508 e. The van der Waals surface area contributed by atoms with Gasteiger partial charge in [0, 0.05) is 25.7 Å². The first-order valence-electron chi connectivity index (χ1n) is 6.39. The maximum Gasteiger partial charge on any atom is 0.239 e. The number of phenols is 2. The molecule has 2 atom stereocenters. The van der Waals surface area contributed by atoms with E-state index in [1.165, 1.54) is 6.07 Å². The van der Waals surface area contributed by atoms with E-state index in [0.29, 0.717) is 6.54 Å². The summed E-state index contributed by atoms with van der Waals surface area (Å²) in [6.45, 7) is 6.26. The van der Waals surface area contributed by atoms with Crippen LogP contribution in [0.2, 0.25) is 0 Å². The fourth-order valence-electron chi connectivity index (χ4n) is 1.90. The van der Waals surface area contributed by atoms with Crippen molar-refractivity contribution in [3.8, 4) is 11.5 Å². The lowest BCUT2D eigenvalue weighted by atomic mass is 10.1. The molecule has 0 saturated heterocycles. The molecule has 0 aliphatic rings. The minimum atomic E-state index is -0.329. The zero-order valence-corrected chi connectivity index (χ0v) is 11.8. The number of rotatable bonds is 5. The van der Waals surface area contributed by atoms with Crippen molar-refractivity contribution in [3.05, 3.63) is 23.8 Å². The normalized spacial score (nSPS) is 13.9. The molecule has 1 amide bonds. The lowest BCUT2D eigenvalue weighted by Crippen LogP contribution is -2.43. The van der Waals surface area contributed by atoms with Crippen molar-refractivity contribution in [2.24, 2.45) is 0 Å². The van der Waals surface area contributed by atoms with Gasteiger partial charge in [0.15, 0.2) is 0 Å². The molecule has 2 unspecified atom stereocenters. The van der Waals surface area contributed by atoms with Crippen LogP contribution in [-0.2, 0) is 4.79 Å². The highest BCUT2D eigenvalue weighted by Crippen LogP contribution is 2.24. The number of phenolic OH excluding ortho intramolecular Hbond substituents is 2. The third-order valence-electron chi connectivity index (χ3n) is 3.15. The minimum absolute atomic E-state index is 0.00769. The summed E-state index contributed by atoms with van der Waals surface area (Å²) in [5, 5.41) is 22.1. The number of likely N-dealkylation sites (N-methyl/N-ethyl adjacent to an activating group) is 1. The maximum atomic E-state index is 11.9. The van der Waals surface area contributed by atoms with E-state index in [2.05, 4.69) is 5.32 Å². The molecule has 3 N–H and O–H groups in total. The van der Waals surface area contributed by atoms with Crippen molar-refractivity contribution in [1.29, 1.82) is 0 Å². The molecule has 0 heterocycles. The van der Waals surface area contributed by atoms with E-state index in [-0.39, 0.29) is 29.5 Å². The molecular formula is C14H22N2O3. The number of carbonyl (C=O) groups excluding carboxylic acids is 1. The molecule has 1 aromatic rings. The number of hydrogen-bond acceptors (Lipinski definition) is 4. The van der Waals surface area contributed by atoms with Gasteiger partial charge < -0.3 is 15.1 Å². The van der Waals surface area contributed by atoms with Crippen LogP contribution in [0.15, 0.2) is 18.2 Å². The summed E-state index contributed by atoms with van der Waals surface area (Å²) in [4.78, 5) is 13.6. The lowest BCUT2D eigenvalue weighted by Gasteiger charge is -2.24. The van der Waals surface area contributed by atoms with Crippen LogP contribution in [0.5, 0.6) is 11.5 Å². The second-order valence-corrected chi connectivity index (χ2v) is 4.75. The number of aromatic hydroxyl groups is 2. The summed E-state index contributed by atoms with van der Waals surface area (Å²) in [5.74, 6) is 0.0281. The van der Waals surface area contributed by atoms with Crippen LogP contribution in [0, 0.1) is 0 Å². The molecular weight excluding hydrogens is 244 g/mol. The molecule has 0 aromatic heterocycles. The molecule has 0 spiro atoms. The van der Waals surface area contributed by atoms with E-state index in [0.717, 1.165) is 5.56 Å². The highest BCUT2D eigenvalue weighted by molar-refractivity contribution is 5.81. The van der Waals surface area contributed by atoms with Gasteiger partial charge in [-0.25, -0.2) is 0 Å². The zero-order chi connectivity index (χ0) is 14.6. The Morgan fingerprint density at radius 3 is 2.26 bits per heavy atom. The molecule has 106 valence electrons. The second-order valence-electron chi connectivity index (χ2n) is 4.75. The highest BCUT2D eigenvalue weighted by Gasteiger charge is 2.19. The number of carbonyl (C=O) groups is 1. The molecule has 0 saturated carbocycles. The lowest BCUT2D eigenvalue weighted by molar-refractivity contribution is -0.131. The molecule has 0 aliphatic heterocycles. The van der Waals surface area contributed by atoms with Crippen LogP contribution in [0.25, 0.3) is 0 Å². The monoisotopic (exact) mass is 266 g/mol. The van der Waals surface area contributed by atoms with Gasteiger partial charge in [0.2, 0.25) is 5.91 Å². The van der Waals surface area contributed by atoms with Gasteiger partial charge in [-0.3, -0.25) is 10.1 Å². The molecule has 5 nitrogen and oxygen atoms in total. The third kappa shape index (κ3) is 4.13. The Bertz CT molecular complexity index is 428. The van der Waals surface area contributed by atoms with Crippen molar-refractivity contribution >= 4 is 5.91 Å². The first kappa shape index (κ1) is 15.3. The van der Waals surface area contributed by atoms with Crippen LogP contribution < -0.4 is 5.32 Å². The van der Waals surface area contributed by atoms with Gasteiger partial charge >= 0.3 is 0 Å². The number of nitrogens with one attached hydrogen (secondary N) is 1. The van der Waals surface area contributed by atoms with E-state index in [4.69, 9.17) is 0 Å². The average molecular weight is 266 g/mol. The largest absolute Gasteiger partial charge is 0.508 e. The Labute approximate surface area is 113 Å². The fraction of sp³-hybridized carbons (Fsp3) is 0.500. The van der Waals surface area contributed by atoms with Crippen molar-refractivity contribution in [1.82, 2.24) is 10.2 Å². The Hall–Kier alpha value is -1.75. The van der Waals surface area contributed by atoms with Crippen molar-refractivity contribution in [2.75, 3.05) is 13.6 Å². The van der Waals surface area contributed by atoms with E-state index in [1.54, 1.807) is 31.0 Å². The molecule has 19 heavy (non-hydrogen) atoms. The third-order valence-corrected chi connectivity index (χ3v) is 3.15. The van der Waals surface area contributed by atoms with Gasteiger partial charge in [0.1, 0.15) is 11.5 Å². The number of amides is 1. The SMILES string of the molecule is CCN(C)C(=O)C(C)NC(C)c1cc(O)cc(O)c1. The standard InChI is InChI=1S/C14H22N2O3/c1-5-16(4)14(19)10(3)15-9(2)11-6-12(17)8-13(18)7-11/h6-10,15,17-18H,5H2,1-4H3. The van der Waals surface area contributed by atoms with E-state index < -0.39 is 0 Å². The van der Waals surface area contributed by atoms with E-state index in [1.807, 2.05) is 13.8 Å². The van der Waals surface area contributed by atoms with Gasteiger partial charge in [-0.2, -0.15) is 0 Å². The molecule has 0 aliphatic carbocycles. The first-order chi connectivity index (χ1) is 8.85. The van der Waals surface area contributed by atoms with Crippen LogP contribution in [0.4, 0.5) is 0 Å². The van der Waals surface area contributed by atoms with Gasteiger partial charge in [0.25, 0.3) is 0 Å². The quantitative estimate of drug-likeness (QED) is 0.757. The summed E-state index contributed by atoms with van der Waals surface area (Å²) in [6, 6.07) is 3.93.